The molecular formula is C15H18O3. The molecule has 0 saturated heterocycles. The van der Waals surface area contributed by atoms with E-state index < -0.39 is 5.60 Å². The summed E-state index contributed by atoms with van der Waals surface area (Å²) in [6.07, 6.45) is 2.08. The lowest BCUT2D eigenvalue weighted by Crippen LogP contribution is -2.33. The number of benzene rings is 1. The Morgan fingerprint density at radius 1 is 1.39 bits per heavy atom. The van der Waals surface area contributed by atoms with Crippen molar-refractivity contribution in [3.05, 3.63) is 35.6 Å². The molecule has 3 rings (SSSR count). The molecule has 2 aromatic rings. The van der Waals surface area contributed by atoms with Crippen molar-refractivity contribution in [2.75, 3.05) is 13.7 Å². The Balaban J connectivity index is 2.06. The minimum absolute atomic E-state index is 0.263. The maximum Gasteiger partial charge on any atom is 0.148 e. The topological polar surface area (TPSA) is 42.6 Å². The largest absolute Gasteiger partial charge is 0.458 e. The first-order valence-corrected chi connectivity index (χ1v) is 6.35. The number of furan rings is 1. The summed E-state index contributed by atoms with van der Waals surface area (Å²) in [5.74, 6) is 0.895. The number of rotatable bonds is 4. The molecule has 1 fully saturated rings. The van der Waals surface area contributed by atoms with Gasteiger partial charge in [-0.25, -0.2) is 0 Å². The SMILES string of the molecule is COCC(O)(c1cc2cc(C)ccc2o1)C1CC1. The lowest BCUT2D eigenvalue weighted by Gasteiger charge is -2.24. The van der Waals surface area contributed by atoms with E-state index in [0.717, 1.165) is 23.8 Å². The van der Waals surface area contributed by atoms with Gasteiger partial charge in [0.25, 0.3) is 0 Å². The molecule has 1 unspecified atom stereocenters. The molecule has 1 atom stereocenters. The molecular weight excluding hydrogens is 228 g/mol. The van der Waals surface area contributed by atoms with Crippen LogP contribution in [0.15, 0.2) is 28.7 Å². The summed E-state index contributed by atoms with van der Waals surface area (Å²) in [6, 6.07) is 7.98. The number of methoxy groups -OCH3 is 1. The summed E-state index contributed by atoms with van der Waals surface area (Å²) in [7, 11) is 1.61. The van der Waals surface area contributed by atoms with Gasteiger partial charge in [-0.1, -0.05) is 11.6 Å². The van der Waals surface area contributed by atoms with Crippen LogP contribution < -0.4 is 0 Å². The van der Waals surface area contributed by atoms with Crippen molar-refractivity contribution in [1.82, 2.24) is 0 Å². The number of fused-ring (bicyclic) bond motifs is 1. The molecule has 1 aromatic heterocycles. The molecule has 0 radical (unpaired) electrons. The molecule has 3 nitrogen and oxygen atoms in total. The highest BCUT2D eigenvalue weighted by molar-refractivity contribution is 5.78. The van der Waals surface area contributed by atoms with Crippen LogP contribution in [0.2, 0.25) is 0 Å². The van der Waals surface area contributed by atoms with Crippen LogP contribution in [0.1, 0.15) is 24.2 Å². The zero-order valence-electron chi connectivity index (χ0n) is 10.8. The summed E-state index contributed by atoms with van der Waals surface area (Å²) < 4.78 is 11.0. The van der Waals surface area contributed by atoms with Gasteiger partial charge in [-0.2, -0.15) is 0 Å². The maximum absolute atomic E-state index is 10.8. The minimum atomic E-state index is -0.971. The molecule has 1 aromatic carbocycles. The van der Waals surface area contributed by atoms with Crippen LogP contribution >= 0.6 is 0 Å². The Morgan fingerprint density at radius 3 is 2.83 bits per heavy atom. The van der Waals surface area contributed by atoms with E-state index in [1.165, 1.54) is 5.56 Å². The Morgan fingerprint density at radius 2 is 2.17 bits per heavy atom. The summed E-state index contributed by atoms with van der Waals surface area (Å²) in [5.41, 5.74) is 1.05. The average Bonchev–Trinajstić information content (AvgIpc) is 3.10. The first kappa shape index (κ1) is 11.8. The smallest absolute Gasteiger partial charge is 0.148 e. The summed E-state index contributed by atoms with van der Waals surface area (Å²) >= 11 is 0. The third kappa shape index (κ3) is 1.84. The standard InChI is InChI=1S/C15H18O3/c1-10-3-6-13-11(7-10)8-14(18-13)15(16,9-17-2)12-4-5-12/h3,6-8,12,16H,4-5,9H2,1-2H3. The molecule has 1 aliphatic rings. The van der Waals surface area contributed by atoms with Crippen LogP contribution in [0.3, 0.4) is 0 Å². The second kappa shape index (κ2) is 4.11. The number of hydrogen-bond acceptors (Lipinski definition) is 3. The normalized spacial score (nSPS) is 19.1. The second-order valence-corrected chi connectivity index (χ2v) is 5.28. The van der Waals surface area contributed by atoms with Crippen LogP contribution in [0.25, 0.3) is 11.0 Å². The Hall–Kier alpha value is -1.32. The Bertz CT molecular complexity index is 568. The molecule has 0 spiro atoms. The predicted molar refractivity (Wildman–Crippen MR) is 69.4 cm³/mol. The van der Waals surface area contributed by atoms with Crippen LogP contribution in [0, 0.1) is 12.8 Å². The Kier molecular flexibility index (Phi) is 2.68. The van der Waals surface area contributed by atoms with Gasteiger partial charge in [0.15, 0.2) is 0 Å². The third-order valence-electron chi connectivity index (χ3n) is 3.72. The molecule has 18 heavy (non-hydrogen) atoms. The molecule has 1 heterocycles. The monoisotopic (exact) mass is 246 g/mol. The van der Waals surface area contributed by atoms with E-state index in [1.54, 1.807) is 7.11 Å². The van der Waals surface area contributed by atoms with E-state index in [-0.39, 0.29) is 12.5 Å². The molecule has 1 N–H and O–H groups in total. The molecule has 3 heteroatoms. The van der Waals surface area contributed by atoms with Gasteiger partial charge in [-0.3, -0.25) is 0 Å². The fourth-order valence-corrected chi connectivity index (χ4v) is 2.55. The molecule has 96 valence electrons. The summed E-state index contributed by atoms with van der Waals surface area (Å²) in [4.78, 5) is 0. The fourth-order valence-electron chi connectivity index (χ4n) is 2.55. The van der Waals surface area contributed by atoms with Crippen LogP contribution in [-0.4, -0.2) is 18.8 Å². The van der Waals surface area contributed by atoms with E-state index >= 15 is 0 Å². The van der Waals surface area contributed by atoms with Gasteiger partial charge in [-0.05, 0) is 43.9 Å². The minimum Gasteiger partial charge on any atom is -0.458 e. The third-order valence-corrected chi connectivity index (χ3v) is 3.72. The van der Waals surface area contributed by atoms with E-state index in [0.29, 0.717) is 5.76 Å². The first-order valence-electron chi connectivity index (χ1n) is 6.35. The van der Waals surface area contributed by atoms with Crippen molar-refractivity contribution in [2.45, 2.75) is 25.4 Å². The average molecular weight is 246 g/mol. The van der Waals surface area contributed by atoms with Gasteiger partial charge in [0.2, 0.25) is 0 Å². The van der Waals surface area contributed by atoms with Gasteiger partial charge in [-0.15, -0.1) is 0 Å². The van der Waals surface area contributed by atoms with Gasteiger partial charge >= 0.3 is 0 Å². The van der Waals surface area contributed by atoms with E-state index in [9.17, 15) is 5.11 Å². The number of hydrogen-bond donors (Lipinski definition) is 1. The molecule has 1 saturated carbocycles. The second-order valence-electron chi connectivity index (χ2n) is 5.28. The fraction of sp³-hybridized carbons (Fsp3) is 0.467. The number of aliphatic hydroxyl groups is 1. The Labute approximate surface area is 106 Å². The molecule has 0 aliphatic heterocycles. The molecule has 0 amide bonds. The van der Waals surface area contributed by atoms with Gasteiger partial charge in [0, 0.05) is 12.5 Å². The van der Waals surface area contributed by atoms with Crippen molar-refractivity contribution in [3.63, 3.8) is 0 Å². The van der Waals surface area contributed by atoms with Gasteiger partial charge < -0.3 is 14.3 Å². The van der Waals surface area contributed by atoms with E-state index in [1.807, 2.05) is 25.1 Å². The summed E-state index contributed by atoms with van der Waals surface area (Å²) in [5, 5.41) is 11.8. The van der Waals surface area contributed by atoms with Gasteiger partial charge in [0.05, 0.1) is 6.61 Å². The highest BCUT2D eigenvalue weighted by atomic mass is 16.5. The van der Waals surface area contributed by atoms with Gasteiger partial charge in [0.1, 0.15) is 16.9 Å². The van der Waals surface area contributed by atoms with Crippen LogP contribution in [0.5, 0.6) is 0 Å². The number of ether oxygens (including phenoxy) is 1. The number of aryl methyl sites for hydroxylation is 1. The van der Waals surface area contributed by atoms with Crippen molar-refractivity contribution >= 4 is 11.0 Å². The van der Waals surface area contributed by atoms with Crippen molar-refractivity contribution in [2.24, 2.45) is 5.92 Å². The van der Waals surface area contributed by atoms with Crippen molar-refractivity contribution in [1.29, 1.82) is 0 Å². The quantitative estimate of drug-likeness (QED) is 0.901. The van der Waals surface area contributed by atoms with Crippen LogP contribution in [-0.2, 0) is 10.3 Å². The van der Waals surface area contributed by atoms with Crippen molar-refractivity contribution < 1.29 is 14.3 Å². The first-order chi connectivity index (χ1) is 8.63. The summed E-state index contributed by atoms with van der Waals surface area (Å²) in [6.45, 7) is 2.34. The molecule has 1 aliphatic carbocycles. The lowest BCUT2D eigenvalue weighted by molar-refractivity contribution is -0.0669. The zero-order chi connectivity index (χ0) is 12.8. The highest BCUT2D eigenvalue weighted by Crippen LogP contribution is 2.47. The van der Waals surface area contributed by atoms with E-state index in [4.69, 9.17) is 9.15 Å². The van der Waals surface area contributed by atoms with Crippen molar-refractivity contribution in [3.8, 4) is 0 Å². The molecule has 0 bridgehead atoms. The maximum atomic E-state index is 10.8. The highest BCUT2D eigenvalue weighted by Gasteiger charge is 2.47. The van der Waals surface area contributed by atoms with Crippen LogP contribution in [0.4, 0.5) is 0 Å². The predicted octanol–water partition coefficient (Wildman–Crippen LogP) is 2.99. The zero-order valence-corrected chi connectivity index (χ0v) is 10.8. The van der Waals surface area contributed by atoms with E-state index in [2.05, 4.69) is 6.07 Å². The lowest BCUT2D eigenvalue weighted by atomic mass is 9.95.